The van der Waals surface area contributed by atoms with Crippen LogP contribution in [0.4, 0.5) is 4.39 Å². The Balaban J connectivity index is 0.00000144. The Kier molecular flexibility index (Phi) is 5.20. The van der Waals surface area contributed by atoms with Crippen LogP contribution in [0.25, 0.3) is 0 Å². The number of halogens is 3. The van der Waals surface area contributed by atoms with Gasteiger partial charge in [-0.2, -0.15) is 0 Å². The van der Waals surface area contributed by atoms with Crippen LogP contribution in [0, 0.1) is 5.82 Å². The summed E-state index contributed by atoms with van der Waals surface area (Å²) in [4.78, 5) is 2.30. The number of nitrogens with two attached hydrogens (primary N) is 1. The van der Waals surface area contributed by atoms with E-state index in [4.69, 9.17) is 17.3 Å². The van der Waals surface area contributed by atoms with Gasteiger partial charge in [0.2, 0.25) is 0 Å². The summed E-state index contributed by atoms with van der Waals surface area (Å²) in [5.74, 6) is -0.365. The Morgan fingerprint density at radius 1 is 1.53 bits per heavy atom. The summed E-state index contributed by atoms with van der Waals surface area (Å²) in [7, 11) is 0. The van der Waals surface area contributed by atoms with Crippen LogP contribution < -0.4 is 5.73 Å². The first kappa shape index (κ1) is 14.7. The number of rotatable bonds is 2. The Morgan fingerprint density at radius 2 is 2.24 bits per heavy atom. The second-order valence-electron chi connectivity index (χ2n) is 4.39. The van der Waals surface area contributed by atoms with Gasteiger partial charge in [-0.1, -0.05) is 17.7 Å². The molecular formula is C12H17Cl2FN2. The van der Waals surface area contributed by atoms with Crippen LogP contribution in [0.2, 0.25) is 5.02 Å². The highest BCUT2D eigenvalue weighted by Gasteiger charge is 2.24. The molecule has 0 saturated carbocycles. The fourth-order valence-electron chi connectivity index (χ4n) is 2.15. The highest BCUT2D eigenvalue weighted by atomic mass is 35.5. The lowest BCUT2D eigenvalue weighted by molar-refractivity contribution is 0.260. The average molecular weight is 279 g/mol. The molecule has 1 aromatic rings. The summed E-state index contributed by atoms with van der Waals surface area (Å²) in [6, 6.07) is 5.41. The van der Waals surface area contributed by atoms with Gasteiger partial charge in [-0.25, -0.2) is 4.39 Å². The molecular weight excluding hydrogens is 262 g/mol. The molecule has 1 saturated heterocycles. The van der Waals surface area contributed by atoms with Crippen molar-refractivity contribution in [3.63, 3.8) is 0 Å². The van der Waals surface area contributed by atoms with Gasteiger partial charge in [0.15, 0.2) is 0 Å². The molecule has 1 fully saturated rings. The van der Waals surface area contributed by atoms with Gasteiger partial charge in [0.05, 0.1) is 5.02 Å². The van der Waals surface area contributed by atoms with Crippen LogP contribution in [0.5, 0.6) is 0 Å². The first-order chi connectivity index (χ1) is 7.58. The maximum atomic E-state index is 13.0. The molecule has 0 bridgehead atoms. The van der Waals surface area contributed by atoms with Crippen LogP contribution >= 0.6 is 24.0 Å². The Hall–Kier alpha value is -0.350. The lowest BCUT2D eigenvalue weighted by Crippen LogP contribution is -2.28. The van der Waals surface area contributed by atoms with E-state index in [0.717, 1.165) is 25.1 Å². The van der Waals surface area contributed by atoms with E-state index in [1.165, 1.54) is 6.07 Å². The highest BCUT2D eigenvalue weighted by molar-refractivity contribution is 6.30. The molecule has 2 N–H and O–H groups in total. The zero-order valence-corrected chi connectivity index (χ0v) is 11.3. The van der Waals surface area contributed by atoms with E-state index in [1.54, 1.807) is 12.1 Å². The summed E-state index contributed by atoms with van der Waals surface area (Å²) in [6.07, 6.45) is 1.03. The Bertz CT molecular complexity index is 387. The van der Waals surface area contributed by atoms with E-state index < -0.39 is 0 Å². The molecule has 2 atom stereocenters. The van der Waals surface area contributed by atoms with Gasteiger partial charge in [-0.3, -0.25) is 4.90 Å². The molecule has 1 heterocycles. The smallest absolute Gasteiger partial charge is 0.141 e. The molecule has 0 amide bonds. The van der Waals surface area contributed by atoms with Crippen molar-refractivity contribution >= 4 is 24.0 Å². The van der Waals surface area contributed by atoms with Gasteiger partial charge in [0.1, 0.15) is 5.82 Å². The summed E-state index contributed by atoms with van der Waals surface area (Å²) < 4.78 is 13.0. The molecule has 2 rings (SSSR count). The van der Waals surface area contributed by atoms with E-state index in [9.17, 15) is 4.39 Å². The van der Waals surface area contributed by atoms with Gasteiger partial charge in [0.25, 0.3) is 0 Å². The molecule has 0 radical (unpaired) electrons. The van der Waals surface area contributed by atoms with Crippen molar-refractivity contribution in [2.75, 3.05) is 13.1 Å². The average Bonchev–Trinajstić information content (AvgIpc) is 2.68. The fourth-order valence-corrected chi connectivity index (χ4v) is 2.34. The molecule has 17 heavy (non-hydrogen) atoms. The van der Waals surface area contributed by atoms with Gasteiger partial charge in [0, 0.05) is 25.2 Å². The maximum absolute atomic E-state index is 13.0. The maximum Gasteiger partial charge on any atom is 0.141 e. The van der Waals surface area contributed by atoms with Gasteiger partial charge < -0.3 is 5.73 Å². The number of hydrogen-bond donors (Lipinski definition) is 1. The van der Waals surface area contributed by atoms with E-state index in [-0.39, 0.29) is 35.3 Å². The second kappa shape index (κ2) is 6.01. The zero-order valence-electron chi connectivity index (χ0n) is 9.70. The van der Waals surface area contributed by atoms with Crippen LogP contribution in [0.1, 0.15) is 24.9 Å². The quantitative estimate of drug-likeness (QED) is 0.901. The predicted molar refractivity (Wildman–Crippen MR) is 71.2 cm³/mol. The van der Waals surface area contributed by atoms with Crippen molar-refractivity contribution in [1.29, 1.82) is 0 Å². The molecule has 1 aliphatic heterocycles. The first-order valence-corrected chi connectivity index (χ1v) is 5.90. The highest BCUT2D eigenvalue weighted by Crippen LogP contribution is 2.27. The third kappa shape index (κ3) is 3.32. The minimum atomic E-state index is -0.365. The van der Waals surface area contributed by atoms with Crippen LogP contribution in [-0.4, -0.2) is 24.0 Å². The molecule has 2 nitrogen and oxygen atoms in total. The molecule has 1 aliphatic rings. The molecule has 96 valence electrons. The van der Waals surface area contributed by atoms with Crippen molar-refractivity contribution in [3.05, 3.63) is 34.6 Å². The van der Waals surface area contributed by atoms with E-state index in [0.29, 0.717) is 0 Å². The minimum absolute atomic E-state index is 0. The molecule has 0 aromatic heterocycles. The van der Waals surface area contributed by atoms with Gasteiger partial charge in [-0.05, 0) is 31.0 Å². The Labute approximate surface area is 112 Å². The topological polar surface area (TPSA) is 29.3 Å². The monoisotopic (exact) mass is 278 g/mol. The van der Waals surface area contributed by atoms with Crippen molar-refractivity contribution in [2.45, 2.75) is 25.4 Å². The van der Waals surface area contributed by atoms with Crippen molar-refractivity contribution in [2.24, 2.45) is 5.73 Å². The summed E-state index contributed by atoms with van der Waals surface area (Å²) in [5.41, 5.74) is 6.91. The lowest BCUT2D eigenvalue weighted by atomic mass is 10.1. The van der Waals surface area contributed by atoms with E-state index in [2.05, 4.69) is 11.8 Å². The SMILES string of the molecule is CC(c1ccc(F)c(Cl)c1)N1CCC(N)C1.Cl. The van der Waals surface area contributed by atoms with Gasteiger partial charge >= 0.3 is 0 Å². The summed E-state index contributed by atoms with van der Waals surface area (Å²) in [5, 5.41) is 0.188. The van der Waals surface area contributed by atoms with Crippen LogP contribution in [0.3, 0.4) is 0 Å². The van der Waals surface area contributed by atoms with Crippen molar-refractivity contribution in [1.82, 2.24) is 4.90 Å². The first-order valence-electron chi connectivity index (χ1n) is 5.52. The molecule has 0 spiro atoms. The predicted octanol–water partition coefficient (Wildman–Crippen LogP) is 2.99. The van der Waals surface area contributed by atoms with E-state index >= 15 is 0 Å². The number of benzene rings is 1. The van der Waals surface area contributed by atoms with Crippen LogP contribution in [0.15, 0.2) is 18.2 Å². The minimum Gasteiger partial charge on any atom is -0.326 e. The normalized spacial score (nSPS) is 22.2. The molecule has 5 heteroatoms. The largest absolute Gasteiger partial charge is 0.326 e. The molecule has 0 aliphatic carbocycles. The number of nitrogens with zero attached hydrogens (tertiary/aromatic N) is 1. The zero-order chi connectivity index (χ0) is 11.7. The number of hydrogen-bond acceptors (Lipinski definition) is 2. The number of likely N-dealkylation sites (tertiary alicyclic amines) is 1. The summed E-state index contributed by atoms with van der Waals surface area (Å²) >= 11 is 5.78. The van der Waals surface area contributed by atoms with Gasteiger partial charge in [-0.15, -0.1) is 12.4 Å². The van der Waals surface area contributed by atoms with Crippen LogP contribution in [-0.2, 0) is 0 Å². The molecule has 2 unspecified atom stereocenters. The standard InChI is InChI=1S/C12H16ClFN2.ClH/c1-8(16-5-4-10(15)7-16)9-2-3-12(14)11(13)6-9;/h2-3,6,8,10H,4-5,7,15H2,1H3;1H. The summed E-state index contributed by atoms with van der Waals surface area (Å²) in [6.45, 7) is 4.00. The second-order valence-corrected chi connectivity index (χ2v) is 4.80. The Morgan fingerprint density at radius 3 is 2.76 bits per heavy atom. The fraction of sp³-hybridized carbons (Fsp3) is 0.500. The van der Waals surface area contributed by atoms with E-state index in [1.807, 2.05) is 0 Å². The molecule has 1 aromatic carbocycles. The van der Waals surface area contributed by atoms with Crippen molar-refractivity contribution < 1.29 is 4.39 Å². The van der Waals surface area contributed by atoms with Crippen molar-refractivity contribution in [3.8, 4) is 0 Å². The lowest BCUT2D eigenvalue weighted by Gasteiger charge is -2.24. The third-order valence-corrected chi connectivity index (χ3v) is 3.52. The third-order valence-electron chi connectivity index (χ3n) is 3.23.